The minimum absolute atomic E-state index is 0.109. The van der Waals surface area contributed by atoms with Crippen LogP contribution in [0.4, 0.5) is 23.4 Å². The molecule has 0 amide bonds. The summed E-state index contributed by atoms with van der Waals surface area (Å²) in [5.41, 5.74) is 5.39. The summed E-state index contributed by atoms with van der Waals surface area (Å²) in [6.45, 7) is 9.63. The van der Waals surface area contributed by atoms with E-state index in [2.05, 4.69) is 20.2 Å². The first-order chi connectivity index (χ1) is 15.6. The topological polar surface area (TPSA) is 72.6 Å². The largest absolute Gasteiger partial charge is 0.435 e. The highest BCUT2D eigenvalue weighted by Gasteiger charge is 2.45. The van der Waals surface area contributed by atoms with Crippen LogP contribution in [0.2, 0.25) is 0 Å². The van der Waals surface area contributed by atoms with Crippen LogP contribution in [0.25, 0.3) is 10.5 Å². The Morgan fingerprint density at radius 3 is 2.39 bits per heavy atom. The van der Waals surface area contributed by atoms with Crippen LogP contribution in [0.5, 0.6) is 0 Å². The van der Waals surface area contributed by atoms with Gasteiger partial charge in [0.15, 0.2) is 11.3 Å². The van der Waals surface area contributed by atoms with Crippen LogP contribution in [0.1, 0.15) is 49.6 Å². The average molecular weight is 460 g/mol. The fourth-order valence-electron chi connectivity index (χ4n) is 4.38. The first kappa shape index (κ1) is 23.0. The highest BCUT2D eigenvalue weighted by molar-refractivity contribution is 5.51. The molecule has 0 aliphatic heterocycles. The zero-order valence-electron chi connectivity index (χ0n) is 18.1. The third-order valence-electron chi connectivity index (χ3n) is 6.49. The molecular weight excluding hydrogens is 436 g/mol. The number of halogens is 4. The van der Waals surface area contributed by atoms with Gasteiger partial charge >= 0.3 is 6.18 Å². The maximum absolute atomic E-state index is 13.6. The normalized spacial score (nSPS) is 23.4. The molecule has 6 nitrogen and oxygen atoms in total. The third kappa shape index (κ3) is 4.50. The van der Waals surface area contributed by atoms with Gasteiger partial charge in [-0.3, -0.25) is 10.6 Å². The van der Waals surface area contributed by atoms with Gasteiger partial charge in [-0.05, 0) is 37.0 Å². The number of aryl methyl sites for hydroxylation is 1. The van der Waals surface area contributed by atoms with Crippen molar-refractivity contribution in [2.45, 2.75) is 56.3 Å². The summed E-state index contributed by atoms with van der Waals surface area (Å²) in [5, 5.41) is 7.00. The van der Waals surface area contributed by atoms with Crippen molar-refractivity contribution in [3.63, 3.8) is 0 Å². The molecule has 1 aliphatic rings. The van der Waals surface area contributed by atoms with Gasteiger partial charge in [-0.25, -0.2) is 15.9 Å². The summed E-state index contributed by atoms with van der Waals surface area (Å²) in [7, 11) is 0. The van der Waals surface area contributed by atoms with E-state index >= 15 is 0 Å². The molecule has 1 aliphatic carbocycles. The van der Waals surface area contributed by atoms with E-state index in [1.807, 2.05) is 6.92 Å². The second-order valence-corrected chi connectivity index (χ2v) is 8.64. The molecule has 0 saturated heterocycles. The molecule has 0 spiro atoms. The SMILES string of the molecule is [C-]#[N+]C1(N)CCC(CNc2cc(CC)nc3cc(C(F)(F)F)nn23)(c2ccc(F)cc2)CC1. The van der Waals surface area contributed by atoms with Crippen LogP contribution in [-0.2, 0) is 18.0 Å². The number of hydrogen-bond donors (Lipinski definition) is 2. The third-order valence-corrected chi connectivity index (χ3v) is 6.49. The van der Waals surface area contributed by atoms with Crippen molar-refractivity contribution < 1.29 is 17.6 Å². The van der Waals surface area contributed by atoms with Crippen LogP contribution < -0.4 is 11.1 Å². The number of hydrogen-bond acceptors (Lipinski definition) is 4. The van der Waals surface area contributed by atoms with E-state index < -0.39 is 22.9 Å². The van der Waals surface area contributed by atoms with Gasteiger partial charge in [-0.15, -0.1) is 0 Å². The van der Waals surface area contributed by atoms with Gasteiger partial charge in [0.05, 0.1) is 0 Å². The molecule has 3 N–H and O–H groups in total. The molecule has 3 aromatic rings. The number of alkyl halides is 3. The number of benzene rings is 1. The van der Waals surface area contributed by atoms with Crippen molar-refractivity contribution in [1.82, 2.24) is 14.6 Å². The van der Waals surface area contributed by atoms with E-state index in [1.54, 1.807) is 18.2 Å². The van der Waals surface area contributed by atoms with Gasteiger partial charge in [0.1, 0.15) is 11.6 Å². The van der Waals surface area contributed by atoms with Crippen molar-refractivity contribution in [3.8, 4) is 0 Å². The van der Waals surface area contributed by atoms with Gasteiger partial charge < -0.3 is 5.32 Å². The molecule has 0 radical (unpaired) electrons. The van der Waals surface area contributed by atoms with E-state index in [-0.39, 0.29) is 11.5 Å². The lowest BCUT2D eigenvalue weighted by molar-refractivity contribution is -0.141. The Morgan fingerprint density at radius 1 is 1.15 bits per heavy atom. The summed E-state index contributed by atoms with van der Waals surface area (Å²) in [6, 6.07) is 8.83. The summed E-state index contributed by atoms with van der Waals surface area (Å²) >= 11 is 0. The fourth-order valence-corrected chi connectivity index (χ4v) is 4.38. The lowest BCUT2D eigenvalue weighted by Gasteiger charge is -2.40. The molecule has 174 valence electrons. The number of aromatic nitrogens is 3. The molecule has 1 fully saturated rings. The summed E-state index contributed by atoms with van der Waals surface area (Å²) in [5.74, 6) is 0.0373. The van der Waals surface area contributed by atoms with Gasteiger partial charge in [0.2, 0.25) is 0 Å². The molecule has 10 heteroatoms. The van der Waals surface area contributed by atoms with Crippen molar-refractivity contribution >= 4 is 11.5 Å². The monoisotopic (exact) mass is 460 g/mol. The standard InChI is InChI=1S/C23H24F4N6/c1-3-17-12-19(33-20(31-17)13-18(32-33)23(25,26)27)30-14-21(15-4-6-16(24)7-5-15)8-10-22(28,29-2)11-9-21/h4-7,12-13,30H,3,8-11,14,28H2,1H3. The van der Waals surface area contributed by atoms with Crippen LogP contribution in [0.3, 0.4) is 0 Å². The molecule has 1 saturated carbocycles. The molecule has 4 rings (SSSR count). The van der Waals surface area contributed by atoms with E-state index in [0.29, 0.717) is 50.2 Å². The predicted molar refractivity (Wildman–Crippen MR) is 116 cm³/mol. The van der Waals surface area contributed by atoms with E-state index in [1.165, 1.54) is 12.1 Å². The second kappa shape index (κ2) is 8.30. The summed E-state index contributed by atoms with van der Waals surface area (Å²) in [4.78, 5) is 7.85. The smallest absolute Gasteiger partial charge is 0.369 e. The summed E-state index contributed by atoms with van der Waals surface area (Å²) < 4.78 is 54.5. The Hall–Kier alpha value is -3.19. The molecule has 2 aromatic heterocycles. The van der Waals surface area contributed by atoms with Crippen molar-refractivity contribution in [1.29, 1.82) is 0 Å². The van der Waals surface area contributed by atoms with Crippen LogP contribution in [0.15, 0.2) is 36.4 Å². The molecule has 1 aromatic carbocycles. The molecule has 0 bridgehead atoms. The molecule has 0 atom stereocenters. The number of nitrogens with two attached hydrogens (primary N) is 1. The second-order valence-electron chi connectivity index (χ2n) is 8.64. The molecule has 0 unspecified atom stereocenters. The van der Waals surface area contributed by atoms with Crippen molar-refractivity contribution in [3.05, 3.63) is 70.6 Å². The van der Waals surface area contributed by atoms with Crippen LogP contribution in [0, 0.1) is 12.4 Å². The van der Waals surface area contributed by atoms with Gasteiger partial charge in [0, 0.05) is 42.6 Å². The first-order valence-corrected chi connectivity index (χ1v) is 10.7. The maximum atomic E-state index is 13.6. The highest BCUT2D eigenvalue weighted by atomic mass is 19.4. The van der Waals surface area contributed by atoms with Crippen molar-refractivity contribution in [2.75, 3.05) is 11.9 Å². The van der Waals surface area contributed by atoms with E-state index in [4.69, 9.17) is 12.3 Å². The first-order valence-electron chi connectivity index (χ1n) is 10.7. The zero-order valence-corrected chi connectivity index (χ0v) is 18.1. The predicted octanol–water partition coefficient (Wildman–Crippen LogP) is 4.95. The molecule has 33 heavy (non-hydrogen) atoms. The molecule has 2 heterocycles. The number of anilines is 1. The highest BCUT2D eigenvalue weighted by Crippen LogP contribution is 2.43. The van der Waals surface area contributed by atoms with E-state index in [9.17, 15) is 17.6 Å². The Balaban J connectivity index is 1.70. The minimum Gasteiger partial charge on any atom is -0.369 e. The maximum Gasteiger partial charge on any atom is 0.435 e. The number of nitrogens with zero attached hydrogens (tertiary/aromatic N) is 4. The number of nitrogens with one attached hydrogen (secondary N) is 1. The quantitative estimate of drug-likeness (QED) is 0.418. The summed E-state index contributed by atoms with van der Waals surface area (Å²) in [6.07, 6.45) is -1.97. The Bertz CT molecular complexity index is 1180. The van der Waals surface area contributed by atoms with E-state index in [0.717, 1.165) is 16.1 Å². The Kier molecular flexibility index (Phi) is 5.78. The fraction of sp³-hybridized carbons (Fsp3) is 0.435. The van der Waals surface area contributed by atoms with Crippen LogP contribution >= 0.6 is 0 Å². The van der Waals surface area contributed by atoms with Gasteiger partial charge in [0.25, 0.3) is 5.66 Å². The minimum atomic E-state index is -4.58. The Labute approximate surface area is 188 Å². The Morgan fingerprint density at radius 2 is 1.82 bits per heavy atom. The average Bonchev–Trinajstić information content (AvgIpc) is 3.24. The lowest BCUT2D eigenvalue weighted by Crippen LogP contribution is -2.48. The zero-order chi connectivity index (χ0) is 23.9. The molecular formula is C23H24F4N6. The van der Waals surface area contributed by atoms with Gasteiger partial charge in [-0.1, -0.05) is 19.1 Å². The van der Waals surface area contributed by atoms with Crippen molar-refractivity contribution in [2.24, 2.45) is 5.73 Å². The number of rotatable bonds is 5. The van der Waals surface area contributed by atoms with Crippen LogP contribution in [-0.4, -0.2) is 26.8 Å². The number of fused-ring (bicyclic) bond motifs is 1. The lowest BCUT2D eigenvalue weighted by atomic mass is 9.66. The van der Waals surface area contributed by atoms with Gasteiger partial charge in [-0.2, -0.15) is 22.8 Å².